The van der Waals surface area contributed by atoms with Gasteiger partial charge in [-0.1, -0.05) is 18.2 Å². The first-order valence-electron chi connectivity index (χ1n) is 7.12. The van der Waals surface area contributed by atoms with Crippen LogP contribution in [-0.4, -0.2) is 36.6 Å². The molecule has 0 aliphatic heterocycles. The predicted octanol–water partition coefficient (Wildman–Crippen LogP) is 2.98. The number of rotatable bonds is 7. The van der Waals surface area contributed by atoms with Crippen LogP contribution < -0.4 is 5.32 Å². The van der Waals surface area contributed by atoms with Gasteiger partial charge in [0.15, 0.2) is 0 Å². The van der Waals surface area contributed by atoms with E-state index in [1.54, 1.807) is 0 Å². The molecule has 1 aromatic carbocycles. The number of para-hydroxylation sites is 1. The van der Waals surface area contributed by atoms with E-state index in [1.807, 2.05) is 12.4 Å². The molecule has 0 aliphatic carbocycles. The maximum atomic E-state index is 4.04. The highest BCUT2D eigenvalue weighted by Crippen LogP contribution is 2.12. The fourth-order valence-corrected chi connectivity index (χ4v) is 2.13. The second kappa shape index (κ2) is 7.65. The molecule has 0 bridgehead atoms. The first kappa shape index (κ1) is 14.5. The molecule has 3 nitrogen and oxygen atoms in total. The quantitative estimate of drug-likeness (QED) is 0.837. The molecule has 0 amide bonds. The number of benzene rings is 1. The monoisotopic (exact) mass is 269 g/mol. The van der Waals surface area contributed by atoms with E-state index in [9.17, 15) is 0 Å². The van der Waals surface area contributed by atoms with E-state index in [2.05, 4.69) is 65.6 Å². The van der Waals surface area contributed by atoms with Gasteiger partial charge in [-0.2, -0.15) is 0 Å². The second-order valence-corrected chi connectivity index (χ2v) is 5.15. The Hall–Kier alpha value is -1.87. The Morgan fingerprint density at radius 2 is 1.80 bits per heavy atom. The van der Waals surface area contributed by atoms with Crippen LogP contribution in [0.3, 0.4) is 0 Å². The van der Waals surface area contributed by atoms with Crippen LogP contribution >= 0.6 is 0 Å². The van der Waals surface area contributed by atoms with Crippen molar-refractivity contribution in [3.63, 3.8) is 0 Å². The minimum atomic E-state index is 0.970. The van der Waals surface area contributed by atoms with Crippen molar-refractivity contribution in [1.29, 1.82) is 0 Å². The van der Waals surface area contributed by atoms with Crippen LogP contribution in [0.25, 0.3) is 0 Å². The Kier molecular flexibility index (Phi) is 5.56. The topological polar surface area (TPSA) is 28.2 Å². The van der Waals surface area contributed by atoms with Crippen molar-refractivity contribution in [2.45, 2.75) is 13.3 Å². The Morgan fingerprint density at radius 1 is 1.05 bits per heavy atom. The van der Waals surface area contributed by atoms with Gasteiger partial charge in [0.05, 0.1) is 0 Å². The SMILES string of the molecule is Cc1ccccc1NCCN(C)CCc1ccncc1. The Labute approximate surface area is 121 Å². The molecule has 20 heavy (non-hydrogen) atoms. The summed E-state index contributed by atoms with van der Waals surface area (Å²) in [5.74, 6) is 0. The van der Waals surface area contributed by atoms with Gasteiger partial charge in [0, 0.05) is 37.7 Å². The maximum Gasteiger partial charge on any atom is 0.0370 e. The molecule has 0 spiro atoms. The summed E-state index contributed by atoms with van der Waals surface area (Å²) >= 11 is 0. The van der Waals surface area contributed by atoms with Gasteiger partial charge in [0.25, 0.3) is 0 Å². The summed E-state index contributed by atoms with van der Waals surface area (Å²) < 4.78 is 0. The maximum absolute atomic E-state index is 4.04. The average Bonchev–Trinajstić information content (AvgIpc) is 2.48. The van der Waals surface area contributed by atoms with Crippen LogP contribution in [0.4, 0.5) is 5.69 Å². The third-order valence-corrected chi connectivity index (χ3v) is 3.49. The zero-order valence-corrected chi connectivity index (χ0v) is 12.3. The lowest BCUT2D eigenvalue weighted by atomic mass is 10.2. The molecule has 0 saturated heterocycles. The number of hydrogen-bond acceptors (Lipinski definition) is 3. The molecular formula is C17H23N3. The number of nitrogens with zero attached hydrogens (tertiary/aromatic N) is 2. The van der Waals surface area contributed by atoms with Crippen molar-refractivity contribution >= 4 is 5.69 Å². The molecule has 0 radical (unpaired) electrons. The van der Waals surface area contributed by atoms with Gasteiger partial charge < -0.3 is 10.2 Å². The number of aromatic nitrogens is 1. The molecule has 0 unspecified atom stereocenters. The van der Waals surface area contributed by atoms with Gasteiger partial charge in [0.2, 0.25) is 0 Å². The lowest BCUT2D eigenvalue weighted by Gasteiger charge is -2.18. The standard InChI is InChI=1S/C17H23N3/c1-15-5-3-4-6-17(15)19-12-14-20(2)13-9-16-7-10-18-11-8-16/h3-8,10-11,19H,9,12-14H2,1-2H3. The van der Waals surface area contributed by atoms with Gasteiger partial charge in [0.1, 0.15) is 0 Å². The highest BCUT2D eigenvalue weighted by atomic mass is 15.1. The lowest BCUT2D eigenvalue weighted by Crippen LogP contribution is -2.27. The fourth-order valence-electron chi connectivity index (χ4n) is 2.13. The summed E-state index contributed by atoms with van der Waals surface area (Å²) in [6, 6.07) is 12.6. The van der Waals surface area contributed by atoms with E-state index in [1.165, 1.54) is 16.8 Å². The molecule has 2 rings (SSSR count). The molecule has 0 fully saturated rings. The number of nitrogens with one attached hydrogen (secondary N) is 1. The number of aryl methyl sites for hydroxylation is 1. The summed E-state index contributed by atoms with van der Waals surface area (Å²) in [7, 11) is 2.17. The Morgan fingerprint density at radius 3 is 2.55 bits per heavy atom. The molecule has 0 atom stereocenters. The van der Waals surface area contributed by atoms with E-state index in [4.69, 9.17) is 0 Å². The van der Waals surface area contributed by atoms with Gasteiger partial charge in [-0.15, -0.1) is 0 Å². The Balaban J connectivity index is 1.68. The third kappa shape index (κ3) is 4.67. The average molecular weight is 269 g/mol. The highest BCUT2D eigenvalue weighted by Gasteiger charge is 2.00. The smallest absolute Gasteiger partial charge is 0.0370 e. The minimum Gasteiger partial charge on any atom is -0.384 e. The number of pyridine rings is 1. The zero-order chi connectivity index (χ0) is 14.2. The predicted molar refractivity (Wildman–Crippen MR) is 85.1 cm³/mol. The van der Waals surface area contributed by atoms with Crippen molar-refractivity contribution in [2.75, 3.05) is 32.0 Å². The summed E-state index contributed by atoms with van der Waals surface area (Å²) in [6.45, 7) is 5.21. The van der Waals surface area contributed by atoms with E-state index < -0.39 is 0 Å². The fraction of sp³-hybridized carbons (Fsp3) is 0.353. The van der Waals surface area contributed by atoms with Crippen LogP contribution in [0.1, 0.15) is 11.1 Å². The van der Waals surface area contributed by atoms with E-state index in [0.29, 0.717) is 0 Å². The summed E-state index contributed by atoms with van der Waals surface area (Å²) in [5, 5.41) is 3.49. The van der Waals surface area contributed by atoms with Crippen LogP contribution in [-0.2, 0) is 6.42 Å². The molecule has 2 aromatic rings. The first-order chi connectivity index (χ1) is 9.75. The summed E-state index contributed by atoms with van der Waals surface area (Å²) in [4.78, 5) is 6.39. The molecule has 3 heteroatoms. The molecule has 1 heterocycles. The van der Waals surface area contributed by atoms with E-state index >= 15 is 0 Å². The van der Waals surface area contributed by atoms with E-state index in [-0.39, 0.29) is 0 Å². The summed E-state index contributed by atoms with van der Waals surface area (Å²) in [6.07, 6.45) is 4.79. The van der Waals surface area contributed by atoms with Crippen LogP contribution in [0.15, 0.2) is 48.8 Å². The van der Waals surface area contributed by atoms with Crippen LogP contribution in [0, 0.1) is 6.92 Å². The van der Waals surface area contributed by atoms with Crippen molar-refractivity contribution in [2.24, 2.45) is 0 Å². The minimum absolute atomic E-state index is 0.970. The Bertz CT molecular complexity index is 511. The van der Waals surface area contributed by atoms with Gasteiger partial charge in [-0.25, -0.2) is 0 Å². The third-order valence-electron chi connectivity index (χ3n) is 3.49. The van der Waals surface area contributed by atoms with Crippen LogP contribution in [0.5, 0.6) is 0 Å². The zero-order valence-electron chi connectivity index (χ0n) is 12.3. The number of hydrogen-bond donors (Lipinski definition) is 1. The first-order valence-corrected chi connectivity index (χ1v) is 7.12. The van der Waals surface area contributed by atoms with Crippen molar-refractivity contribution in [3.8, 4) is 0 Å². The summed E-state index contributed by atoms with van der Waals surface area (Å²) in [5.41, 5.74) is 3.88. The highest BCUT2D eigenvalue weighted by molar-refractivity contribution is 5.50. The van der Waals surface area contributed by atoms with Crippen molar-refractivity contribution < 1.29 is 0 Å². The normalized spacial score (nSPS) is 10.8. The number of likely N-dealkylation sites (N-methyl/N-ethyl adjacent to an activating group) is 1. The molecule has 1 N–H and O–H groups in total. The molecule has 0 aliphatic rings. The molecular weight excluding hydrogens is 246 g/mol. The van der Waals surface area contributed by atoms with E-state index in [0.717, 1.165) is 26.1 Å². The van der Waals surface area contributed by atoms with Crippen molar-refractivity contribution in [1.82, 2.24) is 9.88 Å². The second-order valence-electron chi connectivity index (χ2n) is 5.15. The van der Waals surface area contributed by atoms with Crippen LogP contribution in [0.2, 0.25) is 0 Å². The largest absolute Gasteiger partial charge is 0.384 e. The van der Waals surface area contributed by atoms with Gasteiger partial charge >= 0.3 is 0 Å². The molecule has 1 aromatic heterocycles. The lowest BCUT2D eigenvalue weighted by molar-refractivity contribution is 0.351. The van der Waals surface area contributed by atoms with Gasteiger partial charge in [-0.3, -0.25) is 4.98 Å². The van der Waals surface area contributed by atoms with Gasteiger partial charge in [-0.05, 0) is 49.7 Å². The van der Waals surface area contributed by atoms with Crippen molar-refractivity contribution in [3.05, 3.63) is 59.9 Å². The molecule has 106 valence electrons. The number of anilines is 1. The molecule has 0 saturated carbocycles.